The Morgan fingerprint density at radius 2 is 1.48 bits per heavy atom. The first-order valence-electron chi connectivity index (χ1n) is 16.5. The number of fused-ring (bicyclic) bond motifs is 2. The molecule has 0 spiro atoms. The molecule has 6 rings (SSSR count). The van der Waals surface area contributed by atoms with Crippen molar-refractivity contribution in [2.75, 3.05) is 30.9 Å². The second-order valence-electron chi connectivity index (χ2n) is 11.8. The lowest BCUT2D eigenvalue weighted by atomic mass is 10.1. The maximum absolute atomic E-state index is 11.5. The Balaban J connectivity index is 1.06. The molecule has 0 saturated heterocycles. The van der Waals surface area contributed by atoms with Crippen LogP contribution >= 0.6 is 11.3 Å². The van der Waals surface area contributed by atoms with Crippen LogP contribution in [0.5, 0.6) is 11.5 Å². The maximum Gasteiger partial charge on any atom is 0.305 e. The molecule has 0 bridgehead atoms. The fourth-order valence-corrected chi connectivity index (χ4v) is 6.83. The van der Waals surface area contributed by atoms with Crippen LogP contribution in [-0.4, -0.2) is 56.9 Å². The highest BCUT2D eigenvalue weighted by atomic mass is 32.1. The van der Waals surface area contributed by atoms with Gasteiger partial charge in [-0.2, -0.15) is 0 Å². The van der Waals surface area contributed by atoms with Crippen molar-refractivity contribution in [2.24, 2.45) is 0 Å². The molecule has 2 aromatic carbocycles. The molecule has 11 nitrogen and oxygen atoms in total. The molecule has 0 saturated carbocycles. The van der Waals surface area contributed by atoms with Crippen molar-refractivity contribution in [3.05, 3.63) is 107 Å². The number of aromatic nitrogens is 3. The van der Waals surface area contributed by atoms with Gasteiger partial charge in [-0.1, -0.05) is 12.1 Å². The van der Waals surface area contributed by atoms with Crippen LogP contribution in [0.15, 0.2) is 84.2 Å². The van der Waals surface area contributed by atoms with Gasteiger partial charge in [-0.25, -0.2) is 9.97 Å². The molecule has 0 aliphatic rings. The average Bonchev–Trinajstić information content (AvgIpc) is 3.69. The minimum Gasteiger partial charge on any atom is -0.493 e. The summed E-state index contributed by atoms with van der Waals surface area (Å²) >= 11 is 1.59. The van der Waals surface area contributed by atoms with Gasteiger partial charge in [-0.3, -0.25) is 9.59 Å². The highest BCUT2D eigenvalue weighted by Gasteiger charge is 2.13. The van der Waals surface area contributed by atoms with E-state index < -0.39 is 11.9 Å². The number of carbonyl (C=O) groups is 2. The van der Waals surface area contributed by atoms with Crippen molar-refractivity contribution in [3.63, 3.8) is 0 Å². The molecule has 4 N–H and O–H groups in total. The Morgan fingerprint density at radius 3 is 2.20 bits per heavy atom. The topological polar surface area (TPSA) is 148 Å². The molecule has 4 heterocycles. The summed E-state index contributed by atoms with van der Waals surface area (Å²) in [5.74, 6) is 1.38. The summed E-state index contributed by atoms with van der Waals surface area (Å²) in [5.41, 5.74) is 4.75. The van der Waals surface area contributed by atoms with Gasteiger partial charge in [-0.05, 0) is 89.5 Å². The number of aryl methyl sites for hydroxylation is 2. The van der Waals surface area contributed by atoms with Gasteiger partial charge in [0.15, 0.2) is 0 Å². The molecule has 0 amide bonds. The van der Waals surface area contributed by atoms with Gasteiger partial charge in [0.2, 0.25) is 0 Å². The predicted molar refractivity (Wildman–Crippen MR) is 196 cm³/mol. The molecule has 0 fully saturated rings. The number of carboxylic acids is 2. The molecule has 0 radical (unpaired) electrons. The Kier molecular flexibility index (Phi) is 11.1. The number of aliphatic carboxylic acids is 2. The van der Waals surface area contributed by atoms with Gasteiger partial charge in [0.05, 0.1) is 26.2 Å². The lowest BCUT2D eigenvalue weighted by Crippen LogP contribution is -2.11. The van der Waals surface area contributed by atoms with Crippen molar-refractivity contribution in [2.45, 2.75) is 45.2 Å². The summed E-state index contributed by atoms with van der Waals surface area (Å²) in [6, 6.07) is 25.5. The van der Waals surface area contributed by atoms with Crippen LogP contribution in [0.1, 0.15) is 35.5 Å². The minimum atomic E-state index is -0.853. The highest BCUT2D eigenvalue weighted by Crippen LogP contribution is 2.31. The number of benzene rings is 2. The Labute approximate surface area is 293 Å². The van der Waals surface area contributed by atoms with Crippen molar-refractivity contribution in [3.8, 4) is 11.5 Å². The smallest absolute Gasteiger partial charge is 0.305 e. The zero-order valence-electron chi connectivity index (χ0n) is 27.7. The lowest BCUT2D eigenvalue weighted by Gasteiger charge is -2.12. The van der Waals surface area contributed by atoms with Crippen LogP contribution in [0.2, 0.25) is 0 Å². The fraction of sp³-hybridized carbons (Fsp3) is 0.263. The monoisotopic (exact) mass is 693 g/mol. The Hall–Kier alpha value is -5.62. The Bertz CT molecular complexity index is 2110. The second kappa shape index (κ2) is 16.2. The number of nitrogens with zero attached hydrogens (tertiary/aromatic N) is 3. The largest absolute Gasteiger partial charge is 0.493 e. The number of thiophene rings is 1. The summed E-state index contributed by atoms with van der Waals surface area (Å²) in [4.78, 5) is 31.8. The molecule has 0 unspecified atom stereocenters. The van der Waals surface area contributed by atoms with Crippen molar-refractivity contribution >= 4 is 55.9 Å². The first-order valence-corrected chi connectivity index (χ1v) is 17.4. The van der Waals surface area contributed by atoms with Crippen LogP contribution in [0.3, 0.4) is 0 Å². The first kappa shape index (κ1) is 34.3. The summed E-state index contributed by atoms with van der Waals surface area (Å²) in [6.45, 7) is 1.73. The molecule has 6 aromatic rings. The third-order valence-electron chi connectivity index (χ3n) is 8.32. The van der Waals surface area contributed by atoms with E-state index in [-0.39, 0.29) is 12.8 Å². The van der Waals surface area contributed by atoms with E-state index in [1.807, 2.05) is 89.8 Å². The normalized spacial score (nSPS) is 11.1. The molecule has 12 heteroatoms. The van der Waals surface area contributed by atoms with E-state index in [0.29, 0.717) is 51.4 Å². The van der Waals surface area contributed by atoms with E-state index in [4.69, 9.17) is 19.6 Å². The predicted octanol–water partition coefficient (Wildman–Crippen LogP) is 7.03. The van der Waals surface area contributed by atoms with Gasteiger partial charge in [-0.15, -0.1) is 11.3 Å². The summed E-state index contributed by atoms with van der Waals surface area (Å²) < 4.78 is 15.2. The van der Waals surface area contributed by atoms with Crippen LogP contribution in [0.25, 0.3) is 21.0 Å². The molecule has 0 aliphatic carbocycles. The van der Waals surface area contributed by atoms with E-state index in [9.17, 15) is 14.7 Å². The molecule has 4 aromatic heterocycles. The number of anilines is 2. The van der Waals surface area contributed by atoms with E-state index >= 15 is 0 Å². The molecule has 258 valence electrons. The molecule has 0 atom stereocenters. The van der Waals surface area contributed by atoms with Gasteiger partial charge in [0, 0.05) is 65.5 Å². The van der Waals surface area contributed by atoms with Crippen molar-refractivity contribution in [1.82, 2.24) is 14.5 Å². The van der Waals surface area contributed by atoms with Crippen molar-refractivity contribution in [1.29, 1.82) is 0 Å². The first-order chi connectivity index (χ1) is 24.3. The number of nitrogens with one attached hydrogen (secondary N) is 2. The number of pyridine rings is 2. The van der Waals surface area contributed by atoms with Crippen LogP contribution < -0.4 is 20.1 Å². The average molecular weight is 694 g/mol. The van der Waals surface area contributed by atoms with E-state index in [1.54, 1.807) is 11.3 Å². The SMILES string of the molecule is CNc1cccc(CCOc2ccc3c(c2)cc(CNc2cccc(CCOc4ccc5c(CCC(=O)O)csc5c4)n2)n3CCC(=O)O)n1. The summed E-state index contributed by atoms with van der Waals surface area (Å²) in [6.07, 6.45) is 1.91. The van der Waals surface area contributed by atoms with Gasteiger partial charge in [0.25, 0.3) is 0 Å². The Morgan fingerprint density at radius 1 is 0.800 bits per heavy atom. The number of ether oxygens (including phenoxy) is 2. The molecule has 0 aliphatic heterocycles. The number of rotatable bonds is 18. The van der Waals surface area contributed by atoms with E-state index in [1.165, 1.54) is 0 Å². The number of hydrogen-bond acceptors (Lipinski definition) is 9. The third-order valence-corrected chi connectivity index (χ3v) is 9.31. The standard InChI is InChI=1S/C38H39N5O6S/c1-39-35-6-2-4-27(41-35)15-18-48-30-10-12-33-26(21-30)20-29(43(33)17-14-38(46)47)23-40-36-7-3-5-28(42-36)16-19-49-31-9-11-32-25(8-13-37(44)45)24-50-34(32)22-31/h2-7,9-12,20-22,24H,8,13-19,23H2,1H3,(H,39,41)(H,40,42)(H,44,45)(H,46,47). The van der Waals surface area contributed by atoms with Gasteiger partial charge in [0.1, 0.15) is 23.1 Å². The maximum atomic E-state index is 11.5. The summed E-state index contributed by atoms with van der Waals surface area (Å²) in [7, 11) is 1.84. The molecular weight excluding hydrogens is 655 g/mol. The molecular formula is C38H39N5O6S. The van der Waals surface area contributed by atoms with Gasteiger partial charge >= 0.3 is 11.9 Å². The number of hydrogen-bond donors (Lipinski definition) is 4. The van der Waals surface area contributed by atoms with Crippen LogP contribution in [0, 0.1) is 0 Å². The molecule has 50 heavy (non-hydrogen) atoms. The second-order valence-corrected chi connectivity index (χ2v) is 12.7. The third kappa shape index (κ3) is 8.88. The van der Waals surface area contributed by atoms with Crippen LogP contribution in [-0.2, 0) is 41.9 Å². The lowest BCUT2D eigenvalue weighted by molar-refractivity contribution is -0.138. The quantitative estimate of drug-likeness (QED) is 0.0739. The van der Waals surface area contributed by atoms with Gasteiger partial charge < -0.3 is 34.9 Å². The van der Waals surface area contributed by atoms with E-state index in [0.717, 1.165) is 61.0 Å². The van der Waals surface area contributed by atoms with Crippen LogP contribution in [0.4, 0.5) is 11.6 Å². The van der Waals surface area contributed by atoms with Crippen molar-refractivity contribution < 1.29 is 29.3 Å². The fourth-order valence-electron chi connectivity index (χ4n) is 5.81. The zero-order valence-corrected chi connectivity index (χ0v) is 28.5. The zero-order chi connectivity index (χ0) is 34.9. The van der Waals surface area contributed by atoms with E-state index in [2.05, 4.69) is 21.7 Å². The minimum absolute atomic E-state index is 0.00670. The summed E-state index contributed by atoms with van der Waals surface area (Å²) in [5, 5.41) is 28.9. The number of carboxylic acid groups (broad SMARTS) is 2. The highest BCUT2D eigenvalue weighted by molar-refractivity contribution is 7.17.